The minimum absolute atomic E-state index is 0.141. The van der Waals surface area contributed by atoms with Crippen LogP contribution in [0.5, 0.6) is 0 Å². The van der Waals surface area contributed by atoms with Crippen molar-refractivity contribution in [3.05, 3.63) is 20.3 Å². The van der Waals surface area contributed by atoms with Gasteiger partial charge in [0.15, 0.2) is 0 Å². The number of aliphatic carboxylic acids is 1. The maximum atomic E-state index is 12.9. The van der Waals surface area contributed by atoms with Crippen LogP contribution >= 0.6 is 27.3 Å². The molecule has 1 N–H and O–H groups in total. The highest BCUT2D eigenvalue weighted by atomic mass is 79.9. The number of hydrogen-bond acceptors (Lipinski definition) is 2. The summed E-state index contributed by atoms with van der Waals surface area (Å²) < 4.78 is 26.0. The summed E-state index contributed by atoms with van der Waals surface area (Å²) in [5.74, 6) is -5.94. The highest BCUT2D eigenvalue weighted by Crippen LogP contribution is 2.39. The minimum atomic E-state index is -3.81. The molecule has 0 spiro atoms. The number of thiophene rings is 1. The van der Waals surface area contributed by atoms with Gasteiger partial charge in [0, 0.05) is 9.35 Å². The SMILES string of the molecule is Cc1cc(Br)c(C(F)(F)C(=O)O)s1. The van der Waals surface area contributed by atoms with Gasteiger partial charge < -0.3 is 5.11 Å². The van der Waals surface area contributed by atoms with Crippen molar-refractivity contribution in [3.8, 4) is 0 Å². The smallest absolute Gasteiger partial charge is 0.380 e. The summed E-state index contributed by atoms with van der Waals surface area (Å²) in [7, 11) is 0. The van der Waals surface area contributed by atoms with Crippen LogP contribution in [-0.2, 0) is 10.7 Å². The Morgan fingerprint density at radius 3 is 2.54 bits per heavy atom. The molecule has 0 amide bonds. The quantitative estimate of drug-likeness (QED) is 0.897. The van der Waals surface area contributed by atoms with Gasteiger partial charge >= 0.3 is 11.9 Å². The summed E-state index contributed by atoms with van der Waals surface area (Å²) in [6.45, 7) is 1.64. The molecule has 0 aliphatic heterocycles. The van der Waals surface area contributed by atoms with Gasteiger partial charge in [-0.3, -0.25) is 0 Å². The van der Waals surface area contributed by atoms with E-state index in [1.165, 1.54) is 6.07 Å². The number of hydrogen-bond donors (Lipinski definition) is 1. The van der Waals surface area contributed by atoms with Crippen LogP contribution in [0.15, 0.2) is 10.5 Å². The van der Waals surface area contributed by atoms with Gasteiger partial charge in [0.1, 0.15) is 0 Å². The van der Waals surface area contributed by atoms with Crippen LogP contribution in [0.3, 0.4) is 0 Å². The molecule has 6 heteroatoms. The lowest BCUT2D eigenvalue weighted by atomic mass is 10.3. The molecule has 72 valence electrons. The van der Waals surface area contributed by atoms with E-state index >= 15 is 0 Å². The molecule has 1 aromatic rings. The molecule has 2 nitrogen and oxygen atoms in total. The van der Waals surface area contributed by atoms with Gasteiger partial charge in [-0.05, 0) is 28.9 Å². The molecular formula is C7H5BrF2O2S. The Bertz CT molecular complexity index is 348. The molecule has 0 atom stereocenters. The van der Waals surface area contributed by atoms with Gasteiger partial charge in [0.25, 0.3) is 0 Å². The first kappa shape index (κ1) is 10.6. The fourth-order valence-corrected chi connectivity index (χ4v) is 2.65. The Kier molecular flexibility index (Phi) is 2.72. The van der Waals surface area contributed by atoms with Crippen molar-refractivity contribution in [1.82, 2.24) is 0 Å². The van der Waals surface area contributed by atoms with Crippen LogP contribution in [0.1, 0.15) is 9.75 Å². The van der Waals surface area contributed by atoms with Gasteiger partial charge in [0.2, 0.25) is 0 Å². The predicted octanol–water partition coefficient (Wildman–Crippen LogP) is 3.00. The van der Waals surface area contributed by atoms with Gasteiger partial charge in [-0.15, -0.1) is 11.3 Å². The second-order valence-electron chi connectivity index (χ2n) is 2.41. The Morgan fingerprint density at radius 1 is 1.69 bits per heavy atom. The van der Waals surface area contributed by atoms with Crippen LogP contribution < -0.4 is 0 Å². The lowest BCUT2D eigenvalue weighted by molar-refractivity contribution is -0.165. The monoisotopic (exact) mass is 270 g/mol. The van der Waals surface area contributed by atoms with Crippen molar-refractivity contribution in [3.63, 3.8) is 0 Å². The van der Waals surface area contributed by atoms with Crippen molar-refractivity contribution in [1.29, 1.82) is 0 Å². The first-order valence-corrected chi connectivity index (χ1v) is 4.84. The molecule has 1 heterocycles. The Hall–Kier alpha value is -0.490. The summed E-state index contributed by atoms with van der Waals surface area (Å²) in [6.07, 6.45) is 0. The summed E-state index contributed by atoms with van der Waals surface area (Å²) >= 11 is 3.66. The molecule has 0 aliphatic carbocycles. The number of rotatable bonds is 2. The van der Waals surface area contributed by atoms with E-state index in [0.29, 0.717) is 4.88 Å². The zero-order valence-corrected chi connectivity index (χ0v) is 8.88. The zero-order chi connectivity index (χ0) is 10.2. The summed E-state index contributed by atoms with van der Waals surface area (Å²) in [6, 6.07) is 1.47. The largest absolute Gasteiger partial charge is 0.477 e. The van der Waals surface area contributed by atoms with E-state index in [1.807, 2.05) is 0 Å². The van der Waals surface area contributed by atoms with Crippen LogP contribution in [0.25, 0.3) is 0 Å². The number of aryl methyl sites for hydroxylation is 1. The van der Waals surface area contributed by atoms with E-state index in [1.54, 1.807) is 6.92 Å². The van der Waals surface area contributed by atoms with Crippen LogP contribution in [0.4, 0.5) is 8.78 Å². The minimum Gasteiger partial charge on any atom is -0.477 e. The van der Waals surface area contributed by atoms with E-state index in [0.717, 1.165) is 11.3 Å². The normalized spacial score (nSPS) is 11.7. The topological polar surface area (TPSA) is 37.3 Å². The summed E-state index contributed by atoms with van der Waals surface area (Å²) in [5.41, 5.74) is 0. The molecule has 1 aromatic heterocycles. The fraction of sp³-hybridized carbons (Fsp3) is 0.286. The highest BCUT2D eigenvalue weighted by molar-refractivity contribution is 9.10. The number of alkyl halides is 2. The van der Waals surface area contributed by atoms with Crippen molar-refractivity contribution in [2.45, 2.75) is 12.8 Å². The maximum absolute atomic E-state index is 12.9. The average molecular weight is 271 g/mol. The number of carboxylic acids is 1. The van der Waals surface area contributed by atoms with Crippen molar-refractivity contribution >= 4 is 33.2 Å². The van der Waals surface area contributed by atoms with Gasteiger partial charge in [-0.2, -0.15) is 8.78 Å². The van der Waals surface area contributed by atoms with Gasteiger partial charge in [-0.25, -0.2) is 4.79 Å². The predicted molar refractivity (Wildman–Crippen MR) is 48.3 cm³/mol. The van der Waals surface area contributed by atoms with E-state index in [2.05, 4.69) is 15.9 Å². The Labute approximate surface area is 85.3 Å². The fourth-order valence-electron chi connectivity index (χ4n) is 0.794. The lowest BCUT2D eigenvalue weighted by Gasteiger charge is -2.08. The Morgan fingerprint density at radius 2 is 2.23 bits per heavy atom. The molecule has 1 rings (SSSR count). The van der Waals surface area contributed by atoms with Gasteiger partial charge in [-0.1, -0.05) is 0 Å². The number of carboxylic acid groups (broad SMARTS) is 1. The lowest BCUT2D eigenvalue weighted by Crippen LogP contribution is -2.24. The first-order chi connectivity index (χ1) is 5.85. The third-order valence-corrected chi connectivity index (χ3v) is 3.37. The second kappa shape index (κ2) is 3.34. The molecule has 0 aromatic carbocycles. The molecule has 0 bridgehead atoms. The van der Waals surface area contributed by atoms with Crippen molar-refractivity contribution < 1.29 is 18.7 Å². The van der Waals surface area contributed by atoms with E-state index in [-0.39, 0.29) is 4.47 Å². The molecule has 0 saturated carbocycles. The molecule has 0 radical (unpaired) electrons. The van der Waals surface area contributed by atoms with E-state index in [4.69, 9.17) is 5.11 Å². The number of carbonyl (C=O) groups is 1. The standard InChI is InChI=1S/C7H5BrF2O2S/c1-3-2-4(8)5(13-3)7(9,10)6(11)12/h2H,1H3,(H,11,12). The zero-order valence-electron chi connectivity index (χ0n) is 6.47. The summed E-state index contributed by atoms with van der Waals surface area (Å²) in [4.78, 5) is 10.4. The summed E-state index contributed by atoms with van der Waals surface area (Å²) in [5, 5.41) is 8.26. The Balaban J connectivity index is 3.21. The molecule has 13 heavy (non-hydrogen) atoms. The average Bonchev–Trinajstić information content (AvgIpc) is 2.30. The maximum Gasteiger partial charge on any atom is 0.380 e. The van der Waals surface area contributed by atoms with Crippen LogP contribution in [0, 0.1) is 6.92 Å². The molecular weight excluding hydrogens is 266 g/mol. The third kappa shape index (κ3) is 1.88. The highest BCUT2D eigenvalue weighted by Gasteiger charge is 2.44. The van der Waals surface area contributed by atoms with Crippen molar-refractivity contribution in [2.24, 2.45) is 0 Å². The van der Waals surface area contributed by atoms with E-state index < -0.39 is 16.8 Å². The van der Waals surface area contributed by atoms with Gasteiger partial charge in [0.05, 0.1) is 4.88 Å². The molecule has 0 saturated heterocycles. The molecule has 0 unspecified atom stereocenters. The third-order valence-electron chi connectivity index (χ3n) is 1.36. The first-order valence-electron chi connectivity index (χ1n) is 3.23. The van der Waals surface area contributed by atoms with Crippen LogP contribution in [0.2, 0.25) is 0 Å². The van der Waals surface area contributed by atoms with E-state index in [9.17, 15) is 13.6 Å². The number of halogens is 3. The molecule has 0 fully saturated rings. The van der Waals surface area contributed by atoms with Crippen LogP contribution in [-0.4, -0.2) is 11.1 Å². The molecule has 0 aliphatic rings. The van der Waals surface area contributed by atoms with Crippen molar-refractivity contribution in [2.75, 3.05) is 0 Å². The second-order valence-corrected chi connectivity index (χ2v) is 4.52.